The molecule has 4 aliphatic rings. The van der Waals surface area contributed by atoms with Gasteiger partial charge in [-0.05, 0) is 81.9 Å². The van der Waals surface area contributed by atoms with Gasteiger partial charge >= 0.3 is 0 Å². The molecule has 1 saturated carbocycles. The summed E-state index contributed by atoms with van der Waals surface area (Å²) in [5, 5.41) is 9.17. The molecule has 9 nitrogen and oxygen atoms in total. The van der Waals surface area contributed by atoms with E-state index in [1.807, 2.05) is 18.5 Å². The molecule has 46 heavy (non-hydrogen) atoms. The molecule has 232 valence electrons. The summed E-state index contributed by atoms with van der Waals surface area (Å²) in [6.07, 6.45) is 12.0. The fourth-order valence-corrected chi connectivity index (χ4v) is 8.49. The minimum Gasteiger partial charge on any atom is -0.464 e. The Morgan fingerprint density at radius 1 is 0.804 bits per heavy atom. The second-order valence-corrected chi connectivity index (χ2v) is 14.1. The zero-order valence-electron chi connectivity index (χ0n) is 25.1. The van der Waals surface area contributed by atoms with E-state index < -0.39 is 6.23 Å². The van der Waals surface area contributed by atoms with Gasteiger partial charge in [0, 0.05) is 28.6 Å². The molecule has 3 fully saturated rings. The average molecular weight is 633 g/mol. The Hall–Kier alpha value is -4.32. The number of hydrogen-bond acceptors (Lipinski definition) is 7. The van der Waals surface area contributed by atoms with Crippen LogP contribution in [0.2, 0.25) is 0 Å². The van der Waals surface area contributed by atoms with E-state index in [2.05, 4.69) is 59.4 Å². The van der Waals surface area contributed by atoms with Gasteiger partial charge in [-0.3, -0.25) is 4.57 Å². The Bertz CT molecular complexity index is 2110. The molecule has 11 heteroatoms. The number of halogens is 1. The number of nitrogens with zero attached hydrogens (tertiary/aromatic N) is 4. The number of aromatic nitrogens is 6. The van der Waals surface area contributed by atoms with Crippen LogP contribution in [0.5, 0.6) is 5.75 Å². The van der Waals surface area contributed by atoms with Gasteiger partial charge in [0.25, 0.3) is 0 Å². The van der Waals surface area contributed by atoms with E-state index in [4.69, 9.17) is 9.72 Å². The molecule has 6 aromatic rings. The van der Waals surface area contributed by atoms with E-state index in [0.717, 1.165) is 93.9 Å². The van der Waals surface area contributed by atoms with Crippen molar-refractivity contribution in [2.24, 2.45) is 0 Å². The molecule has 2 saturated heterocycles. The molecule has 2 aromatic carbocycles. The number of benzene rings is 2. The molecular weight excluding hydrogens is 600 g/mol. The van der Waals surface area contributed by atoms with Gasteiger partial charge in [0.15, 0.2) is 0 Å². The van der Waals surface area contributed by atoms with Crippen LogP contribution < -0.4 is 15.4 Å². The molecule has 0 spiro atoms. The highest BCUT2D eigenvalue weighted by Gasteiger charge is 2.35. The lowest BCUT2D eigenvalue weighted by atomic mass is 10.0. The largest absolute Gasteiger partial charge is 0.464 e. The summed E-state index contributed by atoms with van der Waals surface area (Å²) >= 11 is 1.70. The van der Waals surface area contributed by atoms with Gasteiger partial charge in [-0.2, -0.15) is 0 Å². The number of hydrogen-bond donors (Lipinski definition) is 4. The number of fused-ring (bicyclic) bond motifs is 5. The van der Waals surface area contributed by atoms with Crippen LogP contribution >= 0.6 is 11.3 Å². The van der Waals surface area contributed by atoms with Gasteiger partial charge < -0.3 is 25.3 Å². The van der Waals surface area contributed by atoms with Crippen LogP contribution in [0.1, 0.15) is 84.3 Å². The van der Waals surface area contributed by atoms with Gasteiger partial charge in [-0.1, -0.05) is 6.07 Å². The molecule has 10 rings (SSSR count). The van der Waals surface area contributed by atoms with E-state index in [1.54, 1.807) is 23.6 Å². The molecule has 0 amide bonds. The average Bonchev–Trinajstić information content (AvgIpc) is 3.79. The Morgan fingerprint density at radius 2 is 1.54 bits per heavy atom. The lowest BCUT2D eigenvalue weighted by molar-refractivity contribution is 0.176. The predicted molar refractivity (Wildman–Crippen MR) is 175 cm³/mol. The maximum absolute atomic E-state index is 16.3. The Balaban J connectivity index is 1.08. The first-order valence-electron chi connectivity index (χ1n) is 16.3. The van der Waals surface area contributed by atoms with Crippen molar-refractivity contribution in [2.75, 3.05) is 13.1 Å². The van der Waals surface area contributed by atoms with Gasteiger partial charge in [0.05, 0.1) is 62.5 Å². The van der Waals surface area contributed by atoms with Gasteiger partial charge in [0.1, 0.15) is 23.2 Å². The summed E-state index contributed by atoms with van der Waals surface area (Å²) in [7, 11) is 0. The third-order valence-electron chi connectivity index (χ3n) is 9.93. The third kappa shape index (κ3) is 4.36. The zero-order valence-corrected chi connectivity index (χ0v) is 26.0. The fraction of sp³-hybridized carbons (Fsp3) is 0.343. The second kappa shape index (κ2) is 10.3. The van der Waals surface area contributed by atoms with Crippen molar-refractivity contribution < 1.29 is 9.13 Å². The first-order chi connectivity index (χ1) is 22.7. The maximum Gasteiger partial charge on any atom is 0.213 e. The molecule has 4 aromatic heterocycles. The highest BCUT2D eigenvalue weighted by Crippen LogP contribution is 2.49. The van der Waals surface area contributed by atoms with Crippen molar-refractivity contribution in [3.8, 4) is 39.5 Å². The van der Waals surface area contributed by atoms with Crippen molar-refractivity contribution in [1.29, 1.82) is 0 Å². The SMILES string of the molecule is Fc1cc(-c2cnc([C@@H]3CCCN3)[nH]2)cc2c1-c1cc3cc(-c4cnc(C5CCCN5)[nH]4)ccc3n1[C@H](c1cnc(C3CC3)s1)O2. The lowest BCUT2D eigenvalue weighted by Crippen LogP contribution is -2.22. The highest BCUT2D eigenvalue weighted by molar-refractivity contribution is 7.11. The summed E-state index contributed by atoms with van der Waals surface area (Å²) in [4.78, 5) is 22.1. The van der Waals surface area contributed by atoms with Gasteiger partial charge in [-0.25, -0.2) is 19.3 Å². The minimum absolute atomic E-state index is 0.206. The van der Waals surface area contributed by atoms with Crippen LogP contribution in [0.25, 0.3) is 44.7 Å². The first kappa shape index (κ1) is 26.9. The number of thiazole rings is 1. The van der Waals surface area contributed by atoms with Crippen LogP contribution in [-0.4, -0.2) is 42.6 Å². The summed E-state index contributed by atoms with van der Waals surface area (Å²) < 4.78 is 25.2. The Kier molecular flexibility index (Phi) is 6.04. The van der Waals surface area contributed by atoms with E-state index in [9.17, 15) is 0 Å². The fourth-order valence-electron chi connectivity index (χ4n) is 7.38. The summed E-state index contributed by atoms with van der Waals surface area (Å²) in [5.41, 5.74) is 5.76. The molecule has 3 aliphatic heterocycles. The zero-order chi connectivity index (χ0) is 30.4. The third-order valence-corrected chi connectivity index (χ3v) is 11.1. The molecule has 3 atom stereocenters. The molecule has 0 radical (unpaired) electrons. The Morgan fingerprint density at radius 3 is 2.24 bits per heavy atom. The second-order valence-electron chi connectivity index (χ2n) is 13.0. The monoisotopic (exact) mass is 632 g/mol. The van der Waals surface area contributed by atoms with Crippen molar-refractivity contribution >= 4 is 22.2 Å². The van der Waals surface area contributed by atoms with Crippen molar-refractivity contribution in [3.63, 3.8) is 0 Å². The lowest BCUT2D eigenvalue weighted by Gasteiger charge is -2.29. The van der Waals surface area contributed by atoms with Crippen molar-refractivity contribution in [2.45, 2.75) is 62.8 Å². The number of nitrogens with one attached hydrogen (secondary N) is 4. The molecule has 7 heterocycles. The van der Waals surface area contributed by atoms with Crippen LogP contribution in [0, 0.1) is 5.82 Å². The van der Waals surface area contributed by atoms with Crippen LogP contribution in [0.15, 0.2) is 55.0 Å². The highest BCUT2D eigenvalue weighted by atomic mass is 32.1. The number of H-pyrrole nitrogens is 2. The quantitative estimate of drug-likeness (QED) is 0.153. The van der Waals surface area contributed by atoms with Crippen molar-refractivity contribution in [3.05, 3.63) is 82.3 Å². The number of aromatic amines is 2. The maximum atomic E-state index is 16.3. The summed E-state index contributed by atoms with van der Waals surface area (Å²) in [6.45, 7) is 2.01. The van der Waals surface area contributed by atoms with Crippen LogP contribution in [-0.2, 0) is 0 Å². The number of rotatable bonds is 6. The summed E-state index contributed by atoms with van der Waals surface area (Å²) in [5.74, 6) is 2.61. The predicted octanol–water partition coefficient (Wildman–Crippen LogP) is 7.35. The normalized spacial score (nSPS) is 22.3. The summed E-state index contributed by atoms with van der Waals surface area (Å²) in [6, 6.07) is 12.5. The molecule has 0 bridgehead atoms. The van der Waals surface area contributed by atoms with Gasteiger partial charge in [-0.15, -0.1) is 11.3 Å². The van der Waals surface area contributed by atoms with Crippen LogP contribution in [0.4, 0.5) is 4.39 Å². The number of imidazole rings is 2. The Labute approximate surface area is 268 Å². The first-order valence-corrected chi connectivity index (χ1v) is 17.2. The van der Waals surface area contributed by atoms with Crippen LogP contribution in [0.3, 0.4) is 0 Å². The smallest absolute Gasteiger partial charge is 0.213 e. The number of ether oxygens (including phenoxy) is 1. The van der Waals surface area contributed by atoms with Crippen molar-refractivity contribution in [1.82, 2.24) is 40.1 Å². The topological polar surface area (TPSA) is 108 Å². The molecule has 1 unspecified atom stereocenters. The minimum atomic E-state index is -0.460. The van der Waals surface area contributed by atoms with E-state index in [-0.39, 0.29) is 17.9 Å². The molecular formula is C35H33FN8OS. The van der Waals surface area contributed by atoms with Gasteiger partial charge in [0.2, 0.25) is 6.23 Å². The van der Waals surface area contributed by atoms with E-state index in [1.165, 1.54) is 12.8 Å². The van der Waals surface area contributed by atoms with E-state index in [0.29, 0.717) is 22.8 Å². The van der Waals surface area contributed by atoms with E-state index >= 15 is 4.39 Å². The standard InChI is InChI=1S/C35H33FN8OS/c36-22-12-20(26-16-40-33(43-26)24-4-2-10-38-24)14-29-31(22)28-13-21-11-19(25-15-39-32(42-25)23-3-1-9-37-23)7-8-27(21)44(28)35(45-29)30-17-41-34(46-30)18-5-6-18/h7-8,11-18,23-24,35,37-38H,1-6,9-10H2,(H,39,42)(H,40,43)/t23?,24-,35-/m0/s1. The molecule has 1 aliphatic carbocycles. The molecule has 4 N–H and O–H groups in total.